The van der Waals surface area contributed by atoms with Gasteiger partial charge < -0.3 is 15.1 Å². The maximum Gasteiger partial charge on any atom is 0.253 e. The van der Waals surface area contributed by atoms with Gasteiger partial charge in [-0.2, -0.15) is 0 Å². The summed E-state index contributed by atoms with van der Waals surface area (Å²) >= 11 is 0. The number of nitrogens with one attached hydrogen (secondary N) is 2. The van der Waals surface area contributed by atoms with Crippen LogP contribution in [0.1, 0.15) is 34.6 Å². The molecule has 0 aliphatic carbocycles. The average molecular weight is 258 g/mol. The topological polar surface area (TPSA) is 54.3 Å². The molecule has 4 nitrogen and oxygen atoms in total. The van der Waals surface area contributed by atoms with Gasteiger partial charge in [0.1, 0.15) is 5.76 Å². The Labute approximate surface area is 112 Å². The van der Waals surface area contributed by atoms with Crippen molar-refractivity contribution in [1.29, 1.82) is 0 Å². The molecule has 2 rings (SSSR count). The van der Waals surface area contributed by atoms with Crippen molar-refractivity contribution in [1.82, 2.24) is 5.32 Å². The van der Waals surface area contributed by atoms with Gasteiger partial charge in [0.05, 0.1) is 17.9 Å². The predicted molar refractivity (Wildman–Crippen MR) is 75.3 cm³/mol. The molecule has 0 aliphatic heterocycles. The first-order valence-corrected chi connectivity index (χ1v) is 6.24. The summed E-state index contributed by atoms with van der Waals surface area (Å²) in [7, 11) is 1.81. The number of aryl methyl sites for hydroxylation is 1. The fourth-order valence-corrected chi connectivity index (χ4v) is 1.95. The minimum atomic E-state index is -0.159. The van der Waals surface area contributed by atoms with Gasteiger partial charge in [-0.1, -0.05) is 6.07 Å². The van der Waals surface area contributed by atoms with Crippen LogP contribution >= 0.6 is 0 Å². The first kappa shape index (κ1) is 13.2. The van der Waals surface area contributed by atoms with Crippen molar-refractivity contribution < 1.29 is 9.21 Å². The van der Waals surface area contributed by atoms with Crippen LogP contribution in [0.5, 0.6) is 0 Å². The zero-order valence-corrected chi connectivity index (χ0v) is 11.4. The van der Waals surface area contributed by atoms with E-state index in [4.69, 9.17) is 4.42 Å². The number of anilines is 1. The van der Waals surface area contributed by atoms with Gasteiger partial charge in [0.2, 0.25) is 0 Å². The number of carbonyl (C=O) groups excluding carboxylic acids is 1. The highest BCUT2D eigenvalue weighted by Gasteiger charge is 2.15. The first-order chi connectivity index (χ1) is 9.11. The standard InChI is InChI=1S/C15H18N2O2/c1-10-6-7-12(13(9-10)16-3)15(18)17-11(2)14-5-4-8-19-14/h4-9,11,16H,1-3H3,(H,17,18). The van der Waals surface area contributed by atoms with E-state index >= 15 is 0 Å². The molecule has 0 saturated carbocycles. The van der Waals surface area contributed by atoms with E-state index in [0.717, 1.165) is 17.0 Å². The van der Waals surface area contributed by atoms with Gasteiger partial charge in [-0.15, -0.1) is 0 Å². The Balaban J connectivity index is 2.16. The lowest BCUT2D eigenvalue weighted by atomic mass is 10.1. The Bertz CT molecular complexity index is 562. The van der Waals surface area contributed by atoms with E-state index in [1.807, 2.05) is 51.2 Å². The molecule has 0 radical (unpaired) electrons. The summed E-state index contributed by atoms with van der Waals surface area (Å²) in [6, 6.07) is 9.20. The molecule has 2 N–H and O–H groups in total. The molecule has 19 heavy (non-hydrogen) atoms. The Morgan fingerprint density at radius 1 is 1.32 bits per heavy atom. The maximum absolute atomic E-state index is 12.2. The van der Waals surface area contributed by atoms with Gasteiger partial charge >= 0.3 is 0 Å². The molecule has 2 aromatic rings. The summed E-state index contributed by atoms with van der Waals surface area (Å²) in [6.07, 6.45) is 1.60. The third-order valence-electron chi connectivity index (χ3n) is 3.01. The normalized spacial score (nSPS) is 11.9. The first-order valence-electron chi connectivity index (χ1n) is 6.24. The Morgan fingerprint density at radius 2 is 2.11 bits per heavy atom. The van der Waals surface area contributed by atoms with Gasteiger partial charge in [0, 0.05) is 12.7 Å². The summed E-state index contributed by atoms with van der Waals surface area (Å²) in [5.74, 6) is 0.625. The molecule has 0 bridgehead atoms. The molecule has 1 amide bonds. The molecule has 0 fully saturated rings. The number of hydrogen-bond acceptors (Lipinski definition) is 3. The van der Waals surface area contributed by atoms with E-state index in [1.165, 1.54) is 0 Å². The molecule has 0 saturated heterocycles. The molecule has 1 atom stereocenters. The Kier molecular flexibility index (Phi) is 3.90. The fourth-order valence-electron chi connectivity index (χ4n) is 1.95. The second-order valence-corrected chi connectivity index (χ2v) is 4.51. The molecule has 1 aromatic heterocycles. The summed E-state index contributed by atoms with van der Waals surface area (Å²) in [4.78, 5) is 12.2. The van der Waals surface area contributed by atoms with E-state index < -0.39 is 0 Å². The molecule has 0 spiro atoms. The number of rotatable bonds is 4. The lowest BCUT2D eigenvalue weighted by molar-refractivity contribution is 0.0936. The quantitative estimate of drug-likeness (QED) is 0.886. The summed E-state index contributed by atoms with van der Waals surface area (Å²) in [5.41, 5.74) is 2.57. The van der Waals surface area contributed by atoms with E-state index in [1.54, 1.807) is 6.26 Å². The minimum Gasteiger partial charge on any atom is -0.467 e. The zero-order valence-electron chi connectivity index (χ0n) is 11.4. The summed E-state index contributed by atoms with van der Waals surface area (Å²) < 4.78 is 5.28. The van der Waals surface area contributed by atoms with E-state index in [0.29, 0.717) is 5.56 Å². The molecule has 1 unspecified atom stereocenters. The summed E-state index contributed by atoms with van der Waals surface area (Å²) in [6.45, 7) is 3.89. The van der Waals surface area contributed by atoms with Gasteiger partial charge in [-0.05, 0) is 43.7 Å². The largest absolute Gasteiger partial charge is 0.467 e. The predicted octanol–water partition coefficient (Wildman–Crippen LogP) is 3.12. The Hall–Kier alpha value is -2.23. The highest BCUT2D eigenvalue weighted by Crippen LogP contribution is 2.19. The van der Waals surface area contributed by atoms with Crippen molar-refractivity contribution in [2.24, 2.45) is 0 Å². The fraction of sp³-hybridized carbons (Fsp3) is 0.267. The second-order valence-electron chi connectivity index (χ2n) is 4.51. The van der Waals surface area contributed by atoms with Crippen molar-refractivity contribution >= 4 is 11.6 Å². The SMILES string of the molecule is CNc1cc(C)ccc1C(=O)NC(C)c1ccco1. The van der Waals surface area contributed by atoms with Gasteiger partial charge in [-0.25, -0.2) is 0 Å². The van der Waals surface area contributed by atoms with Crippen LogP contribution in [0.25, 0.3) is 0 Å². The van der Waals surface area contributed by atoms with Crippen LogP contribution in [-0.2, 0) is 0 Å². The summed E-state index contributed by atoms with van der Waals surface area (Å²) in [5, 5.41) is 5.96. The highest BCUT2D eigenvalue weighted by molar-refractivity contribution is 5.99. The highest BCUT2D eigenvalue weighted by atomic mass is 16.3. The molecular formula is C15H18N2O2. The van der Waals surface area contributed by atoms with Crippen LogP contribution in [0.15, 0.2) is 41.0 Å². The van der Waals surface area contributed by atoms with Crippen molar-refractivity contribution in [3.05, 3.63) is 53.5 Å². The Morgan fingerprint density at radius 3 is 2.74 bits per heavy atom. The maximum atomic E-state index is 12.2. The minimum absolute atomic E-state index is 0.117. The van der Waals surface area contributed by atoms with Crippen LogP contribution in [0.3, 0.4) is 0 Å². The number of carbonyl (C=O) groups is 1. The van der Waals surface area contributed by atoms with Crippen LogP contribution in [0.2, 0.25) is 0 Å². The smallest absolute Gasteiger partial charge is 0.253 e. The molecule has 1 heterocycles. The van der Waals surface area contributed by atoms with Gasteiger partial charge in [0.15, 0.2) is 0 Å². The monoisotopic (exact) mass is 258 g/mol. The van der Waals surface area contributed by atoms with Crippen LogP contribution in [-0.4, -0.2) is 13.0 Å². The number of amides is 1. The molecule has 100 valence electrons. The third kappa shape index (κ3) is 2.96. The number of furan rings is 1. The number of hydrogen-bond donors (Lipinski definition) is 2. The molecule has 0 aliphatic rings. The van der Waals surface area contributed by atoms with Gasteiger partial charge in [0.25, 0.3) is 5.91 Å². The van der Waals surface area contributed by atoms with Crippen LogP contribution in [0, 0.1) is 6.92 Å². The van der Waals surface area contributed by atoms with Crippen LogP contribution in [0.4, 0.5) is 5.69 Å². The van der Waals surface area contributed by atoms with Crippen molar-refractivity contribution in [3.8, 4) is 0 Å². The average Bonchev–Trinajstić information content (AvgIpc) is 2.92. The van der Waals surface area contributed by atoms with Gasteiger partial charge in [-0.3, -0.25) is 4.79 Å². The zero-order chi connectivity index (χ0) is 13.8. The third-order valence-corrected chi connectivity index (χ3v) is 3.01. The van der Waals surface area contributed by atoms with E-state index in [-0.39, 0.29) is 11.9 Å². The second kappa shape index (κ2) is 5.61. The van der Waals surface area contributed by atoms with E-state index in [2.05, 4.69) is 10.6 Å². The van der Waals surface area contributed by atoms with Crippen molar-refractivity contribution in [2.45, 2.75) is 19.9 Å². The van der Waals surface area contributed by atoms with Crippen molar-refractivity contribution in [3.63, 3.8) is 0 Å². The number of benzene rings is 1. The molecule has 4 heteroatoms. The molecule has 1 aromatic carbocycles. The molecular weight excluding hydrogens is 240 g/mol. The lowest BCUT2D eigenvalue weighted by Gasteiger charge is -2.14. The van der Waals surface area contributed by atoms with Crippen molar-refractivity contribution in [2.75, 3.05) is 12.4 Å². The lowest BCUT2D eigenvalue weighted by Crippen LogP contribution is -2.27. The van der Waals surface area contributed by atoms with E-state index in [9.17, 15) is 4.79 Å². The van der Waals surface area contributed by atoms with Crippen LogP contribution < -0.4 is 10.6 Å².